The van der Waals surface area contributed by atoms with E-state index in [1.54, 1.807) is 24.3 Å². The molecule has 8 heteroatoms. The molecular weight excluding hydrogens is 480 g/mol. The fourth-order valence-corrected chi connectivity index (χ4v) is 6.07. The van der Waals surface area contributed by atoms with Crippen molar-refractivity contribution < 1.29 is 17.9 Å². The van der Waals surface area contributed by atoms with Gasteiger partial charge in [-0.1, -0.05) is 25.1 Å². The molecule has 1 aliphatic heterocycles. The van der Waals surface area contributed by atoms with Gasteiger partial charge in [-0.25, -0.2) is 18.2 Å². The third-order valence-corrected chi connectivity index (χ3v) is 8.44. The van der Waals surface area contributed by atoms with Crippen LogP contribution >= 0.6 is 15.9 Å². The molecule has 0 saturated carbocycles. The molecule has 0 unspecified atom stereocenters. The van der Waals surface area contributed by atoms with Crippen molar-refractivity contribution >= 4 is 42.8 Å². The van der Waals surface area contributed by atoms with E-state index in [1.165, 1.54) is 10.4 Å². The number of carbonyl (C=O) groups is 1. The van der Waals surface area contributed by atoms with E-state index >= 15 is 0 Å². The van der Waals surface area contributed by atoms with Gasteiger partial charge < -0.3 is 4.74 Å². The molecule has 0 radical (unpaired) electrons. The Kier molecular flexibility index (Phi) is 6.14. The van der Waals surface area contributed by atoms with Crippen LogP contribution < -0.4 is 4.74 Å². The van der Waals surface area contributed by atoms with E-state index in [-0.39, 0.29) is 10.5 Å². The minimum atomic E-state index is -3.72. The van der Waals surface area contributed by atoms with Crippen LogP contribution in [-0.2, 0) is 10.0 Å². The number of hydrogen-bond donors (Lipinski definition) is 0. The average Bonchev–Trinajstić information content (AvgIpc) is 2.74. The number of halogens is 1. The molecule has 0 amide bonds. The predicted molar refractivity (Wildman–Crippen MR) is 123 cm³/mol. The van der Waals surface area contributed by atoms with Gasteiger partial charge >= 0.3 is 5.97 Å². The topological polar surface area (TPSA) is 76.6 Å². The number of fused-ring (bicyclic) bond motifs is 1. The summed E-state index contributed by atoms with van der Waals surface area (Å²) in [6.45, 7) is 4.95. The minimum Gasteiger partial charge on any atom is -0.421 e. The maximum atomic E-state index is 13.2. The third kappa shape index (κ3) is 4.51. The van der Waals surface area contributed by atoms with Crippen LogP contribution in [0.5, 0.6) is 5.75 Å². The van der Waals surface area contributed by atoms with Crippen molar-refractivity contribution in [2.45, 2.75) is 31.6 Å². The smallest absolute Gasteiger partial charge is 0.343 e. The van der Waals surface area contributed by atoms with Gasteiger partial charge in [0.15, 0.2) is 5.75 Å². The van der Waals surface area contributed by atoms with Crippen molar-refractivity contribution in [3.05, 3.63) is 64.3 Å². The summed E-state index contributed by atoms with van der Waals surface area (Å²) in [5.74, 6) is 0.213. The van der Waals surface area contributed by atoms with E-state index in [0.29, 0.717) is 34.7 Å². The number of hydrogen-bond acceptors (Lipinski definition) is 5. The summed E-state index contributed by atoms with van der Waals surface area (Å²) in [6.07, 6.45) is 1.65. The molecule has 0 spiro atoms. The van der Waals surface area contributed by atoms with Gasteiger partial charge in [-0.2, -0.15) is 4.31 Å². The monoisotopic (exact) mass is 502 g/mol. The maximum Gasteiger partial charge on any atom is 0.343 e. The van der Waals surface area contributed by atoms with Crippen LogP contribution in [0, 0.1) is 12.8 Å². The first kappa shape index (κ1) is 21.9. The van der Waals surface area contributed by atoms with E-state index in [1.807, 2.05) is 25.1 Å². The molecule has 0 aliphatic carbocycles. The Balaban J connectivity index is 1.64. The van der Waals surface area contributed by atoms with E-state index in [4.69, 9.17) is 4.74 Å². The first-order valence-corrected chi connectivity index (χ1v) is 12.4. The number of aryl methyl sites for hydroxylation is 1. The van der Waals surface area contributed by atoms with Crippen LogP contribution in [0.25, 0.3) is 10.9 Å². The highest BCUT2D eigenvalue weighted by atomic mass is 79.9. The van der Waals surface area contributed by atoms with E-state index in [0.717, 1.165) is 23.9 Å². The summed E-state index contributed by atoms with van der Waals surface area (Å²) >= 11 is 3.33. The largest absolute Gasteiger partial charge is 0.421 e. The summed E-state index contributed by atoms with van der Waals surface area (Å²) in [5.41, 5.74) is 1.56. The first-order chi connectivity index (χ1) is 14.8. The predicted octanol–water partition coefficient (Wildman–Crippen LogP) is 4.95. The molecule has 4 rings (SSSR count). The lowest BCUT2D eigenvalue weighted by atomic mass is 10.0. The lowest BCUT2D eigenvalue weighted by Gasteiger charge is -2.29. The Morgan fingerprint density at radius 3 is 2.61 bits per heavy atom. The highest BCUT2D eigenvalue weighted by Gasteiger charge is 2.30. The number of carbonyl (C=O) groups excluding carboxylic acids is 1. The molecular formula is C23H23BrN2O4S. The number of rotatable bonds is 4. The van der Waals surface area contributed by atoms with Gasteiger partial charge in [0.2, 0.25) is 10.0 Å². The van der Waals surface area contributed by atoms with E-state index in [2.05, 4.69) is 27.8 Å². The average molecular weight is 503 g/mol. The van der Waals surface area contributed by atoms with Gasteiger partial charge in [0.1, 0.15) is 5.52 Å². The van der Waals surface area contributed by atoms with Crippen LogP contribution in [0.1, 0.15) is 35.8 Å². The zero-order valence-corrected chi connectivity index (χ0v) is 19.7. The number of sulfonamides is 1. The van der Waals surface area contributed by atoms with Crippen LogP contribution in [-0.4, -0.2) is 36.8 Å². The molecule has 162 valence electrons. The molecule has 0 atom stereocenters. The third-order valence-electron chi connectivity index (χ3n) is 5.55. The standard InChI is InChI=1S/C23H23BrN2O4S/c1-15-10-12-26(13-11-15)31(28,29)21-14-18(8-9-19(21)24)23(27)30-20-5-3-4-17-7-6-16(2)25-22(17)20/h3-9,14-15H,10-13H2,1-2H3. The number of nitrogens with zero attached hydrogens (tertiary/aromatic N) is 2. The van der Waals surface area contributed by atoms with Crippen LogP contribution in [0.4, 0.5) is 0 Å². The number of para-hydroxylation sites is 1. The number of esters is 1. The number of aromatic nitrogens is 1. The van der Waals surface area contributed by atoms with Crippen molar-refractivity contribution in [3.63, 3.8) is 0 Å². The van der Waals surface area contributed by atoms with E-state index in [9.17, 15) is 13.2 Å². The Morgan fingerprint density at radius 1 is 1.13 bits per heavy atom. The normalized spacial score (nSPS) is 15.8. The number of benzene rings is 2. The number of ether oxygens (including phenoxy) is 1. The van der Waals surface area contributed by atoms with Gasteiger partial charge in [-0.15, -0.1) is 0 Å². The minimum absolute atomic E-state index is 0.0726. The Hall–Kier alpha value is -2.29. The molecule has 2 heterocycles. The zero-order valence-electron chi connectivity index (χ0n) is 17.3. The van der Waals surface area contributed by atoms with Crippen molar-refractivity contribution in [1.29, 1.82) is 0 Å². The van der Waals surface area contributed by atoms with Gasteiger partial charge in [0.05, 0.1) is 10.5 Å². The Bertz CT molecular complexity index is 1250. The second-order valence-electron chi connectivity index (χ2n) is 7.90. The molecule has 3 aromatic rings. The highest BCUT2D eigenvalue weighted by molar-refractivity contribution is 9.10. The lowest BCUT2D eigenvalue weighted by molar-refractivity contribution is 0.0736. The maximum absolute atomic E-state index is 13.2. The molecule has 1 fully saturated rings. The second-order valence-corrected chi connectivity index (χ2v) is 10.7. The van der Waals surface area contributed by atoms with E-state index < -0.39 is 16.0 Å². The van der Waals surface area contributed by atoms with Gasteiger partial charge in [-0.05, 0) is 71.9 Å². The van der Waals surface area contributed by atoms with Gasteiger partial charge in [-0.3, -0.25) is 0 Å². The summed E-state index contributed by atoms with van der Waals surface area (Å²) in [5, 5.41) is 0.856. The highest BCUT2D eigenvalue weighted by Crippen LogP contribution is 2.30. The molecule has 6 nitrogen and oxygen atoms in total. The summed E-state index contributed by atoms with van der Waals surface area (Å²) in [7, 11) is -3.72. The summed E-state index contributed by atoms with van der Waals surface area (Å²) < 4.78 is 33.9. The lowest BCUT2D eigenvalue weighted by Crippen LogP contribution is -2.38. The fraction of sp³-hybridized carbons (Fsp3) is 0.304. The van der Waals surface area contributed by atoms with Gasteiger partial charge in [0, 0.05) is 28.6 Å². The Labute approximate surface area is 190 Å². The van der Waals surface area contributed by atoms with Crippen LogP contribution in [0.15, 0.2) is 57.9 Å². The van der Waals surface area contributed by atoms with Crippen molar-refractivity contribution in [1.82, 2.24) is 9.29 Å². The van der Waals surface area contributed by atoms with Gasteiger partial charge in [0.25, 0.3) is 0 Å². The van der Waals surface area contributed by atoms with Crippen molar-refractivity contribution in [2.24, 2.45) is 5.92 Å². The summed E-state index contributed by atoms with van der Waals surface area (Å²) in [4.78, 5) is 17.4. The number of piperidine rings is 1. The second kappa shape index (κ2) is 8.68. The quantitative estimate of drug-likeness (QED) is 0.372. The van der Waals surface area contributed by atoms with Crippen LogP contribution in [0.2, 0.25) is 0 Å². The first-order valence-electron chi connectivity index (χ1n) is 10.1. The van der Waals surface area contributed by atoms with Crippen molar-refractivity contribution in [2.75, 3.05) is 13.1 Å². The van der Waals surface area contributed by atoms with Crippen molar-refractivity contribution in [3.8, 4) is 5.75 Å². The zero-order chi connectivity index (χ0) is 22.2. The molecule has 0 bridgehead atoms. The number of pyridine rings is 1. The molecule has 1 aromatic heterocycles. The van der Waals surface area contributed by atoms with Crippen LogP contribution in [0.3, 0.4) is 0 Å². The molecule has 2 aromatic carbocycles. The molecule has 1 saturated heterocycles. The SMILES string of the molecule is Cc1ccc2cccc(OC(=O)c3ccc(Br)c(S(=O)(=O)N4CCC(C)CC4)c3)c2n1. The Morgan fingerprint density at radius 2 is 1.87 bits per heavy atom. The molecule has 1 aliphatic rings. The fourth-order valence-electron chi connectivity index (χ4n) is 3.65. The summed E-state index contributed by atoms with van der Waals surface area (Å²) in [6, 6.07) is 13.7. The molecule has 31 heavy (non-hydrogen) atoms. The molecule has 0 N–H and O–H groups in total.